The Hall–Kier alpha value is -2.05. The van der Waals surface area contributed by atoms with E-state index < -0.39 is 0 Å². The van der Waals surface area contributed by atoms with E-state index in [2.05, 4.69) is 24.1 Å². The molecule has 1 amide bonds. The minimum absolute atomic E-state index is 0.0185. The van der Waals surface area contributed by atoms with Gasteiger partial charge < -0.3 is 19.7 Å². The van der Waals surface area contributed by atoms with Crippen LogP contribution >= 0.6 is 0 Å². The molecule has 0 unspecified atom stereocenters. The fraction of sp³-hybridized carbons (Fsp3) is 0.526. The van der Waals surface area contributed by atoms with E-state index in [0.29, 0.717) is 11.6 Å². The van der Waals surface area contributed by atoms with Crippen LogP contribution in [0.4, 0.5) is 0 Å². The molecule has 0 bridgehead atoms. The summed E-state index contributed by atoms with van der Waals surface area (Å²) in [6.07, 6.45) is -0.0185. The summed E-state index contributed by atoms with van der Waals surface area (Å²) >= 11 is 0. The Morgan fingerprint density at radius 3 is 2.72 bits per heavy atom. The third-order valence-electron chi connectivity index (χ3n) is 5.35. The van der Waals surface area contributed by atoms with Gasteiger partial charge in [0.2, 0.25) is 0 Å². The summed E-state index contributed by atoms with van der Waals surface area (Å²) in [7, 11) is 3.62. The molecule has 2 aromatic rings. The predicted octanol–water partition coefficient (Wildman–Crippen LogP) is 2.03. The van der Waals surface area contributed by atoms with Crippen LogP contribution in [0.3, 0.4) is 0 Å². The summed E-state index contributed by atoms with van der Waals surface area (Å²) in [5.41, 5.74) is 2.43. The molecule has 3 rings (SSSR count). The van der Waals surface area contributed by atoms with Crippen LogP contribution < -0.4 is 5.32 Å². The first-order valence-electron chi connectivity index (χ1n) is 8.69. The normalized spacial score (nSPS) is 21.4. The Kier molecular flexibility index (Phi) is 4.75. The SMILES string of the molecule is CO[C@H]1CN(C(C)C)C[C@@H]1NC(=O)c1c(C)n(C)c2ccc(O)cc12. The van der Waals surface area contributed by atoms with Crippen molar-refractivity contribution in [2.24, 2.45) is 7.05 Å². The van der Waals surface area contributed by atoms with E-state index in [1.807, 2.05) is 24.6 Å². The number of phenolic OH excluding ortho intramolecular Hbond substituents is 1. The van der Waals surface area contributed by atoms with E-state index in [1.165, 1.54) is 0 Å². The van der Waals surface area contributed by atoms with Crippen LogP contribution in [-0.4, -0.2) is 58.9 Å². The lowest BCUT2D eigenvalue weighted by molar-refractivity contribution is 0.0753. The number of ether oxygens (including phenoxy) is 1. The monoisotopic (exact) mass is 345 g/mol. The number of benzene rings is 1. The number of likely N-dealkylation sites (tertiary alicyclic amines) is 1. The predicted molar refractivity (Wildman–Crippen MR) is 98.1 cm³/mol. The third kappa shape index (κ3) is 3.12. The van der Waals surface area contributed by atoms with Crippen molar-refractivity contribution in [1.29, 1.82) is 0 Å². The van der Waals surface area contributed by atoms with Crippen LogP contribution in [0.2, 0.25) is 0 Å². The third-order valence-corrected chi connectivity index (χ3v) is 5.35. The molecule has 1 aliphatic heterocycles. The van der Waals surface area contributed by atoms with Gasteiger partial charge in [-0.2, -0.15) is 0 Å². The smallest absolute Gasteiger partial charge is 0.254 e. The maximum absolute atomic E-state index is 13.0. The largest absolute Gasteiger partial charge is 0.508 e. The van der Waals surface area contributed by atoms with E-state index in [1.54, 1.807) is 19.2 Å². The van der Waals surface area contributed by atoms with Crippen molar-refractivity contribution in [1.82, 2.24) is 14.8 Å². The molecule has 1 aromatic carbocycles. The number of amides is 1. The molecular formula is C19H27N3O3. The Morgan fingerprint density at radius 2 is 2.08 bits per heavy atom. The van der Waals surface area contributed by atoms with E-state index in [4.69, 9.17) is 4.74 Å². The second kappa shape index (κ2) is 6.69. The minimum Gasteiger partial charge on any atom is -0.508 e. The number of nitrogens with one attached hydrogen (secondary N) is 1. The molecule has 136 valence electrons. The Labute approximate surface area is 148 Å². The van der Waals surface area contributed by atoms with Gasteiger partial charge in [0.1, 0.15) is 5.75 Å². The van der Waals surface area contributed by atoms with Crippen molar-refractivity contribution in [3.05, 3.63) is 29.5 Å². The molecule has 0 aliphatic carbocycles. The maximum Gasteiger partial charge on any atom is 0.254 e. The highest BCUT2D eigenvalue weighted by molar-refractivity contribution is 6.08. The molecule has 6 nitrogen and oxygen atoms in total. The number of hydrogen-bond acceptors (Lipinski definition) is 4. The number of carbonyl (C=O) groups excluding carboxylic acids is 1. The van der Waals surface area contributed by atoms with E-state index >= 15 is 0 Å². The molecule has 1 aliphatic rings. The second-order valence-electron chi connectivity index (χ2n) is 7.12. The maximum atomic E-state index is 13.0. The van der Waals surface area contributed by atoms with Crippen LogP contribution in [0, 0.1) is 6.92 Å². The van der Waals surface area contributed by atoms with Gasteiger partial charge in [-0.15, -0.1) is 0 Å². The number of rotatable bonds is 4. The first kappa shape index (κ1) is 17.8. The van der Waals surface area contributed by atoms with E-state index in [9.17, 15) is 9.90 Å². The van der Waals surface area contributed by atoms with Gasteiger partial charge in [-0.05, 0) is 39.0 Å². The highest BCUT2D eigenvalue weighted by Gasteiger charge is 2.35. The number of carbonyl (C=O) groups is 1. The van der Waals surface area contributed by atoms with Crippen molar-refractivity contribution >= 4 is 16.8 Å². The number of aromatic nitrogens is 1. The molecular weight excluding hydrogens is 318 g/mol. The molecule has 1 fully saturated rings. The fourth-order valence-electron chi connectivity index (χ4n) is 3.69. The number of phenols is 1. The molecule has 1 aromatic heterocycles. The van der Waals surface area contributed by atoms with Crippen molar-refractivity contribution < 1.29 is 14.6 Å². The molecule has 25 heavy (non-hydrogen) atoms. The molecule has 6 heteroatoms. The Bertz CT molecular complexity index is 797. The van der Waals surface area contributed by atoms with Crippen LogP contribution in [0.5, 0.6) is 5.75 Å². The number of fused-ring (bicyclic) bond motifs is 1. The number of aromatic hydroxyl groups is 1. The van der Waals surface area contributed by atoms with Crippen LogP contribution in [0.15, 0.2) is 18.2 Å². The molecule has 0 radical (unpaired) electrons. The second-order valence-corrected chi connectivity index (χ2v) is 7.12. The van der Waals surface area contributed by atoms with Gasteiger partial charge in [-0.3, -0.25) is 9.69 Å². The minimum atomic E-state index is -0.119. The van der Waals surface area contributed by atoms with Crippen molar-refractivity contribution in [3.63, 3.8) is 0 Å². The summed E-state index contributed by atoms with van der Waals surface area (Å²) < 4.78 is 7.56. The summed E-state index contributed by atoms with van der Waals surface area (Å²) in [4.78, 5) is 15.3. The van der Waals surface area contributed by atoms with E-state index in [-0.39, 0.29) is 23.8 Å². The topological polar surface area (TPSA) is 66.7 Å². The lowest BCUT2D eigenvalue weighted by Gasteiger charge is -2.20. The van der Waals surface area contributed by atoms with Crippen LogP contribution in [0.1, 0.15) is 29.9 Å². The van der Waals surface area contributed by atoms with Gasteiger partial charge in [0.05, 0.1) is 17.7 Å². The van der Waals surface area contributed by atoms with Crippen LogP contribution in [-0.2, 0) is 11.8 Å². The molecule has 2 atom stereocenters. The zero-order valence-corrected chi connectivity index (χ0v) is 15.5. The molecule has 2 N–H and O–H groups in total. The lowest BCUT2D eigenvalue weighted by atomic mass is 10.1. The van der Waals surface area contributed by atoms with Gasteiger partial charge in [-0.25, -0.2) is 0 Å². The molecule has 0 spiro atoms. The van der Waals surface area contributed by atoms with Gasteiger partial charge >= 0.3 is 0 Å². The van der Waals surface area contributed by atoms with Crippen molar-refractivity contribution in [2.45, 2.75) is 39.0 Å². The summed E-state index contributed by atoms with van der Waals surface area (Å²) in [5.74, 6) is 0.0418. The van der Waals surface area contributed by atoms with Crippen molar-refractivity contribution in [2.75, 3.05) is 20.2 Å². The summed E-state index contributed by atoms with van der Waals surface area (Å²) in [6, 6.07) is 5.49. The lowest BCUT2D eigenvalue weighted by Crippen LogP contribution is -2.44. The summed E-state index contributed by atoms with van der Waals surface area (Å²) in [6.45, 7) is 7.81. The van der Waals surface area contributed by atoms with Crippen molar-refractivity contribution in [3.8, 4) is 5.75 Å². The standard InChI is InChI=1S/C19H27N3O3/c1-11(2)22-9-15(17(10-22)25-5)20-19(24)18-12(3)21(4)16-7-6-13(23)8-14(16)18/h6-8,11,15,17,23H,9-10H2,1-5H3,(H,20,24)/t15-,17-/m0/s1. The zero-order valence-electron chi connectivity index (χ0n) is 15.5. The molecule has 2 heterocycles. The first-order chi connectivity index (χ1) is 11.8. The average molecular weight is 345 g/mol. The van der Waals surface area contributed by atoms with Gasteiger partial charge in [0.15, 0.2) is 0 Å². The highest BCUT2D eigenvalue weighted by Crippen LogP contribution is 2.28. The highest BCUT2D eigenvalue weighted by atomic mass is 16.5. The van der Waals surface area contributed by atoms with Gasteiger partial charge in [-0.1, -0.05) is 0 Å². The van der Waals surface area contributed by atoms with Gasteiger partial charge in [0.25, 0.3) is 5.91 Å². The van der Waals surface area contributed by atoms with Crippen LogP contribution in [0.25, 0.3) is 10.9 Å². The van der Waals surface area contributed by atoms with Gasteiger partial charge in [0, 0.05) is 49.9 Å². The average Bonchev–Trinajstić information content (AvgIpc) is 3.07. The number of hydrogen-bond donors (Lipinski definition) is 2. The first-order valence-corrected chi connectivity index (χ1v) is 8.69. The number of nitrogens with zero attached hydrogens (tertiary/aromatic N) is 2. The Balaban J connectivity index is 1.90. The quantitative estimate of drug-likeness (QED) is 0.890. The fourth-order valence-corrected chi connectivity index (χ4v) is 3.69. The number of methoxy groups -OCH3 is 1. The zero-order chi connectivity index (χ0) is 18.3. The molecule has 1 saturated heterocycles. The molecule has 0 saturated carbocycles. The summed E-state index contributed by atoms with van der Waals surface area (Å²) in [5, 5.41) is 13.7. The van der Waals surface area contributed by atoms with E-state index in [0.717, 1.165) is 29.7 Å². The number of aryl methyl sites for hydroxylation is 1. The Morgan fingerprint density at radius 1 is 1.36 bits per heavy atom.